The van der Waals surface area contributed by atoms with E-state index in [1.54, 1.807) is 6.33 Å². The van der Waals surface area contributed by atoms with E-state index < -0.39 is 0 Å². The molecule has 2 rings (SSSR count). The molecule has 100 valence electrons. The predicted molar refractivity (Wildman–Crippen MR) is 74.4 cm³/mol. The van der Waals surface area contributed by atoms with Crippen molar-refractivity contribution in [1.82, 2.24) is 20.2 Å². The van der Waals surface area contributed by atoms with Gasteiger partial charge >= 0.3 is 0 Å². The molecule has 1 aliphatic heterocycles. The van der Waals surface area contributed by atoms with Crippen LogP contribution in [0, 0.1) is 0 Å². The maximum Gasteiger partial charge on any atom is 0.0925 e. The van der Waals surface area contributed by atoms with Crippen molar-refractivity contribution in [3.05, 3.63) is 30.4 Å². The largest absolute Gasteiger partial charge is 0.347 e. The molecule has 2 heterocycles. The third-order valence-corrected chi connectivity index (χ3v) is 3.55. The molecule has 0 fully saturated rings. The first kappa shape index (κ1) is 13.3. The molecule has 0 bridgehead atoms. The SMILES string of the molecule is C=CCN(CC1Cc2nc[nH]c2CN1)C(C)(C)C. The molecule has 18 heavy (non-hydrogen) atoms. The Hall–Kier alpha value is -1.13. The molecule has 0 aromatic carbocycles. The summed E-state index contributed by atoms with van der Waals surface area (Å²) >= 11 is 0. The number of fused-ring (bicyclic) bond motifs is 1. The fourth-order valence-electron chi connectivity index (χ4n) is 2.40. The van der Waals surface area contributed by atoms with Crippen LogP contribution in [0.25, 0.3) is 0 Å². The third kappa shape index (κ3) is 3.00. The lowest BCUT2D eigenvalue weighted by Crippen LogP contribution is -2.51. The normalized spacial score (nSPS) is 19.9. The van der Waals surface area contributed by atoms with Gasteiger partial charge in [0.25, 0.3) is 0 Å². The summed E-state index contributed by atoms with van der Waals surface area (Å²) < 4.78 is 0. The lowest BCUT2D eigenvalue weighted by Gasteiger charge is -2.38. The molecule has 4 nitrogen and oxygen atoms in total. The van der Waals surface area contributed by atoms with Gasteiger partial charge in [-0.1, -0.05) is 6.08 Å². The molecule has 4 heteroatoms. The number of nitrogens with zero attached hydrogens (tertiary/aromatic N) is 2. The van der Waals surface area contributed by atoms with Crippen LogP contribution in [0.1, 0.15) is 32.2 Å². The second kappa shape index (κ2) is 5.24. The first-order valence-corrected chi connectivity index (χ1v) is 6.61. The highest BCUT2D eigenvalue weighted by molar-refractivity contribution is 5.16. The smallest absolute Gasteiger partial charge is 0.0925 e. The van der Waals surface area contributed by atoms with Crippen LogP contribution in [0.2, 0.25) is 0 Å². The number of aromatic amines is 1. The van der Waals surface area contributed by atoms with Crippen LogP contribution in [0.4, 0.5) is 0 Å². The van der Waals surface area contributed by atoms with Crippen molar-refractivity contribution in [2.45, 2.75) is 45.3 Å². The summed E-state index contributed by atoms with van der Waals surface area (Å²) in [4.78, 5) is 10.0. The van der Waals surface area contributed by atoms with Crippen molar-refractivity contribution < 1.29 is 0 Å². The average molecular weight is 248 g/mol. The van der Waals surface area contributed by atoms with Gasteiger partial charge in [0.15, 0.2) is 0 Å². The van der Waals surface area contributed by atoms with Gasteiger partial charge in [-0.25, -0.2) is 4.98 Å². The van der Waals surface area contributed by atoms with E-state index in [2.05, 4.69) is 47.5 Å². The average Bonchev–Trinajstić information content (AvgIpc) is 2.74. The van der Waals surface area contributed by atoms with E-state index in [1.165, 1.54) is 11.4 Å². The number of hydrogen-bond acceptors (Lipinski definition) is 3. The molecule has 0 aliphatic carbocycles. The van der Waals surface area contributed by atoms with E-state index >= 15 is 0 Å². The van der Waals surface area contributed by atoms with Gasteiger partial charge in [-0.3, -0.25) is 4.90 Å². The summed E-state index contributed by atoms with van der Waals surface area (Å²) in [5.74, 6) is 0. The van der Waals surface area contributed by atoms with Gasteiger partial charge in [0, 0.05) is 37.6 Å². The zero-order valence-electron chi connectivity index (χ0n) is 11.7. The van der Waals surface area contributed by atoms with Crippen molar-refractivity contribution in [2.75, 3.05) is 13.1 Å². The molecular weight excluding hydrogens is 224 g/mol. The molecule has 0 spiro atoms. The lowest BCUT2D eigenvalue weighted by molar-refractivity contribution is 0.134. The molecule has 1 aliphatic rings. The monoisotopic (exact) mass is 248 g/mol. The Balaban J connectivity index is 1.99. The minimum atomic E-state index is 0.168. The van der Waals surface area contributed by atoms with Crippen molar-refractivity contribution >= 4 is 0 Å². The van der Waals surface area contributed by atoms with Gasteiger partial charge in [-0.15, -0.1) is 6.58 Å². The zero-order valence-corrected chi connectivity index (χ0v) is 11.7. The van der Waals surface area contributed by atoms with Crippen LogP contribution in [-0.4, -0.2) is 39.5 Å². The minimum Gasteiger partial charge on any atom is -0.347 e. The van der Waals surface area contributed by atoms with Gasteiger partial charge in [0.05, 0.1) is 17.7 Å². The second-order valence-electron chi connectivity index (χ2n) is 5.97. The Bertz CT molecular complexity index is 402. The van der Waals surface area contributed by atoms with E-state index in [9.17, 15) is 0 Å². The summed E-state index contributed by atoms with van der Waals surface area (Å²) in [7, 11) is 0. The molecule has 0 radical (unpaired) electrons. The van der Waals surface area contributed by atoms with Gasteiger partial charge in [-0.2, -0.15) is 0 Å². The summed E-state index contributed by atoms with van der Waals surface area (Å²) in [6, 6.07) is 0.472. The first-order valence-electron chi connectivity index (χ1n) is 6.61. The molecule has 0 amide bonds. The fraction of sp³-hybridized carbons (Fsp3) is 0.643. The Labute approximate surface area is 109 Å². The standard InChI is InChI=1S/C14H24N4/c1-5-6-18(14(2,3)4)9-11-7-12-13(8-15-11)17-10-16-12/h5,10-11,15H,1,6-9H2,2-4H3,(H,16,17). The quantitative estimate of drug-likeness (QED) is 0.797. The molecular formula is C14H24N4. The predicted octanol–water partition coefficient (Wildman–Crippen LogP) is 1.71. The van der Waals surface area contributed by atoms with Crippen LogP contribution in [0.15, 0.2) is 19.0 Å². The maximum atomic E-state index is 4.39. The molecule has 1 aromatic rings. The van der Waals surface area contributed by atoms with Crippen LogP contribution < -0.4 is 5.32 Å². The van der Waals surface area contributed by atoms with Crippen molar-refractivity contribution in [1.29, 1.82) is 0 Å². The van der Waals surface area contributed by atoms with E-state index in [0.717, 1.165) is 26.1 Å². The molecule has 0 saturated carbocycles. The molecule has 0 saturated heterocycles. The van der Waals surface area contributed by atoms with E-state index in [-0.39, 0.29) is 5.54 Å². The van der Waals surface area contributed by atoms with Gasteiger partial charge in [-0.05, 0) is 20.8 Å². The first-order chi connectivity index (χ1) is 8.50. The van der Waals surface area contributed by atoms with Crippen molar-refractivity contribution in [3.63, 3.8) is 0 Å². The Morgan fingerprint density at radius 3 is 3.00 bits per heavy atom. The highest BCUT2D eigenvalue weighted by atomic mass is 15.2. The minimum absolute atomic E-state index is 0.168. The zero-order chi connectivity index (χ0) is 13.2. The Kier molecular flexibility index (Phi) is 3.88. The molecule has 1 aromatic heterocycles. The fourth-order valence-corrected chi connectivity index (χ4v) is 2.40. The summed E-state index contributed by atoms with van der Waals surface area (Å²) in [6.07, 6.45) is 4.77. The topological polar surface area (TPSA) is 44.0 Å². The van der Waals surface area contributed by atoms with E-state index in [1.807, 2.05) is 6.08 Å². The maximum absolute atomic E-state index is 4.39. The van der Waals surface area contributed by atoms with Gasteiger partial charge in [0.2, 0.25) is 0 Å². The second-order valence-corrected chi connectivity index (χ2v) is 5.97. The van der Waals surface area contributed by atoms with Crippen LogP contribution in [0.5, 0.6) is 0 Å². The van der Waals surface area contributed by atoms with Crippen LogP contribution >= 0.6 is 0 Å². The lowest BCUT2D eigenvalue weighted by atomic mass is 10.0. The molecule has 2 N–H and O–H groups in total. The molecule has 1 atom stereocenters. The highest BCUT2D eigenvalue weighted by Gasteiger charge is 2.26. The van der Waals surface area contributed by atoms with E-state index in [4.69, 9.17) is 0 Å². The van der Waals surface area contributed by atoms with Gasteiger partial charge < -0.3 is 10.3 Å². The highest BCUT2D eigenvalue weighted by Crippen LogP contribution is 2.17. The number of rotatable bonds is 4. The number of H-pyrrole nitrogens is 1. The van der Waals surface area contributed by atoms with Gasteiger partial charge in [0.1, 0.15) is 0 Å². The van der Waals surface area contributed by atoms with Crippen LogP contribution in [0.3, 0.4) is 0 Å². The summed E-state index contributed by atoms with van der Waals surface area (Å²) in [5.41, 5.74) is 2.62. The number of imidazole rings is 1. The Morgan fingerprint density at radius 1 is 1.56 bits per heavy atom. The summed E-state index contributed by atoms with van der Waals surface area (Å²) in [6.45, 7) is 13.5. The Morgan fingerprint density at radius 2 is 2.33 bits per heavy atom. The number of aromatic nitrogens is 2. The van der Waals surface area contributed by atoms with Crippen molar-refractivity contribution in [3.8, 4) is 0 Å². The molecule has 1 unspecified atom stereocenters. The van der Waals surface area contributed by atoms with E-state index in [0.29, 0.717) is 6.04 Å². The number of hydrogen-bond donors (Lipinski definition) is 2. The third-order valence-electron chi connectivity index (χ3n) is 3.55. The van der Waals surface area contributed by atoms with Crippen LogP contribution in [-0.2, 0) is 13.0 Å². The number of nitrogens with one attached hydrogen (secondary N) is 2. The van der Waals surface area contributed by atoms with Crippen molar-refractivity contribution in [2.24, 2.45) is 0 Å². The summed E-state index contributed by atoms with van der Waals surface area (Å²) in [5, 5.41) is 3.58.